The number of nitrogens with zero attached hydrogens (tertiary/aromatic N) is 1. The maximum absolute atomic E-state index is 13.5. The van der Waals surface area contributed by atoms with Crippen molar-refractivity contribution in [3.8, 4) is 0 Å². The highest BCUT2D eigenvalue weighted by molar-refractivity contribution is 5.93. The second kappa shape index (κ2) is 8.31. The molecule has 1 heterocycles. The summed E-state index contributed by atoms with van der Waals surface area (Å²) < 4.78 is 148. The highest BCUT2D eigenvalue weighted by Crippen LogP contribution is 2.24. The number of amides is 3. The maximum Gasteiger partial charge on any atom is 0.249 e. The van der Waals surface area contributed by atoms with Crippen molar-refractivity contribution in [2.24, 2.45) is 5.89 Å². The Bertz CT molecular complexity index is 1350. The minimum atomic E-state index is -3.94. The van der Waals surface area contributed by atoms with Crippen LogP contribution in [0.4, 0.5) is 0 Å². The van der Waals surface area contributed by atoms with Crippen molar-refractivity contribution < 1.29 is 45.5 Å². The second-order valence-corrected chi connectivity index (χ2v) is 5.09. The van der Waals surface area contributed by atoms with Gasteiger partial charge < -0.3 is 20.6 Å². The Kier molecular flexibility index (Phi) is 2.03. The van der Waals surface area contributed by atoms with Crippen LogP contribution in [0.15, 0.2) is 24.2 Å². The summed E-state index contributed by atoms with van der Waals surface area (Å²) in [7, 11) is 0. The van der Waals surface area contributed by atoms with Gasteiger partial charge in [-0.3, -0.25) is 14.4 Å². The van der Waals surface area contributed by atoms with E-state index < -0.39 is 118 Å². The lowest BCUT2D eigenvalue weighted by Crippen LogP contribution is -2.51. The van der Waals surface area contributed by atoms with Gasteiger partial charge in [-0.15, -0.1) is 0 Å². The van der Waals surface area contributed by atoms with E-state index in [0.717, 1.165) is 0 Å². The molecule has 2 rings (SSSR count). The van der Waals surface area contributed by atoms with Crippen molar-refractivity contribution in [1.82, 2.24) is 15.5 Å². The number of fused-ring (bicyclic) bond motifs is 1. The first kappa shape index (κ1) is 6.34. The Balaban J connectivity index is 2.73. The third kappa shape index (κ3) is 4.40. The van der Waals surface area contributed by atoms with Gasteiger partial charge in [0.05, 0.1) is 5.48 Å². The first-order valence-electron chi connectivity index (χ1n) is 16.5. The van der Waals surface area contributed by atoms with Gasteiger partial charge >= 0.3 is 0 Å². The number of carbonyl (C=O) groups is 3. The number of benzene rings is 1. The van der Waals surface area contributed by atoms with Gasteiger partial charge in [0, 0.05) is 34.1 Å². The molecule has 7 nitrogen and oxygen atoms in total. The van der Waals surface area contributed by atoms with Crippen molar-refractivity contribution in [2.45, 2.75) is 45.1 Å². The summed E-state index contributed by atoms with van der Waals surface area (Å²) in [5.74, 6) is -9.67. The number of nitrogens with one attached hydrogen (secondary N) is 2. The lowest BCUT2D eigenvalue weighted by Gasteiger charge is -2.24. The number of rotatable bonds is 5. The maximum atomic E-state index is 13.5. The standard InChI is InChI=1S/C19H27N3O4/c1-11(2)16(23)18(25)20-12(3)17(24)21-15-14-8-6-5-7-13(14)9-10-22(4)19(15)26/h5-8,11-12,15-16,23H,9-10H2,1-4H3,(H,20,25)(H,21,24)/t12-,15-,16-/m0/s1/i1D3,2D3,3D3,4D3,5D,6D,7D,8D,9D2,11D. The summed E-state index contributed by atoms with van der Waals surface area (Å²) in [4.78, 5) is 39.6. The molecule has 0 bridgehead atoms. The SMILES string of the molecule is [2H]c1c([2H])c([2H])c2c(c1[2H])[C@H](NC(=O)[C@@H](NC(=O)[C@@H](O)C([2H])(C([2H])([2H])[2H])C([2H])([2H])[2H])C([2H])([2H])[2H])C(=O)N(C([2H])([2H])[2H])CC2([2H])[2H]. The number of hydrogen-bond acceptors (Lipinski definition) is 4. The summed E-state index contributed by atoms with van der Waals surface area (Å²) >= 11 is 0. The molecule has 1 aromatic rings. The smallest absolute Gasteiger partial charge is 0.249 e. The summed E-state index contributed by atoms with van der Waals surface area (Å²) in [6.45, 7) is -16.1. The van der Waals surface area contributed by atoms with Gasteiger partial charge in [-0.05, 0) is 30.2 Å². The number of aliphatic hydroxyl groups excluding tert-OH is 1. The highest BCUT2D eigenvalue weighted by atomic mass is 16.3. The number of aliphatic hydroxyl groups is 1. The van der Waals surface area contributed by atoms with Crippen LogP contribution >= 0.6 is 0 Å². The molecule has 3 N–H and O–H groups in total. The zero-order valence-electron chi connectivity index (χ0n) is 32.1. The zero-order chi connectivity index (χ0) is 35.6. The molecule has 0 saturated heterocycles. The molecule has 0 aliphatic carbocycles. The first-order chi connectivity index (χ1) is 19.8. The van der Waals surface area contributed by atoms with E-state index in [1.807, 2.05) is 0 Å². The van der Waals surface area contributed by atoms with Crippen LogP contribution in [0.2, 0.25) is 0 Å². The predicted octanol–water partition coefficient (Wildman–Crippen LogP) is 0.380. The van der Waals surface area contributed by atoms with Gasteiger partial charge in [-0.25, -0.2) is 0 Å². The zero-order valence-corrected chi connectivity index (χ0v) is 13.1. The minimum absolute atomic E-state index is 0.0716. The summed E-state index contributed by atoms with van der Waals surface area (Å²) in [6, 6.07) is -9.61. The predicted molar refractivity (Wildman–Crippen MR) is 97.1 cm³/mol. The number of carbonyl (C=O) groups excluding carboxylic acids is 3. The Morgan fingerprint density at radius 3 is 2.85 bits per heavy atom. The van der Waals surface area contributed by atoms with E-state index >= 15 is 0 Å². The number of hydrogen-bond donors (Lipinski definition) is 3. The van der Waals surface area contributed by atoms with E-state index in [4.69, 9.17) is 26.0 Å². The van der Waals surface area contributed by atoms with E-state index in [-0.39, 0.29) is 4.90 Å². The molecule has 0 radical (unpaired) electrons. The topological polar surface area (TPSA) is 98.7 Å². The van der Waals surface area contributed by atoms with E-state index in [9.17, 15) is 19.5 Å². The van der Waals surface area contributed by atoms with Crippen molar-refractivity contribution in [3.63, 3.8) is 0 Å². The average molecular weight is 381 g/mol. The van der Waals surface area contributed by atoms with Crippen LogP contribution in [0.1, 0.15) is 63.8 Å². The van der Waals surface area contributed by atoms with Crippen molar-refractivity contribution >= 4 is 17.7 Å². The Morgan fingerprint density at radius 2 is 2.15 bits per heavy atom. The molecule has 0 fully saturated rings. The summed E-state index contributed by atoms with van der Waals surface area (Å²) in [6.07, 6.45) is -6.29. The van der Waals surface area contributed by atoms with Crippen LogP contribution in [0.25, 0.3) is 0 Å². The van der Waals surface area contributed by atoms with Crippen molar-refractivity contribution in [3.05, 3.63) is 35.3 Å². The minimum Gasteiger partial charge on any atom is -0.383 e. The van der Waals surface area contributed by atoms with Crippen LogP contribution in [0.5, 0.6) is 0 Å². The molecule has 7 heteroatoms. The molecular formula is C19H27N3O4. The molecule has 0 unspecified atom stereocenters. The van der Waals surface area contributed by atoms with Gasteiger partial charge in [0.15, 0.2) is 0 Å². The molecule has 1 aliphatic heterocycles. The highest BCUT2D eigenvalue weighted by Gasteiger charge is 2.32. The van der Waals surface area contributed by atoms with Gasteiger partial charge in [-0.1, -0.05) is 37.9 Å². The van der Waals surface area contributed by atoms with Gasteiger partial charge in [0.1, 0.15) is 18.2 Å². The molecule has 3 amide bonds. The lowest BCUT2D eigenvalue weighted by atomic mass is 9.99. The Labute approximate surface area is 180 Å². The lowest BCUT2D eigenvalue weighted by molar-refractivity contribution is -0.137. The van der Waals surface area contributed by atoms with Crippen molar-refractivity contribution in [1.29, 1.82) is 0 Å². The molecule has 3 atom stereocenters. The Morgan fingerprint density at radius 1 is 1.38 bits per heavy atom. The quantitative estimate of drug-likeness (QED) is 0.688. The monoisotopic (exact) mass is 380 g/mol. The fourth-order valence-electron chi connectivity index (χ4n) is 1.97. The molecule has 0 spiro atoms. The van der Waals surface area contributed by atoms with E-state index in [1.54, 1.807) is 5.32 Å². The summed E-state index contributed by atoms with van der Waals surface area (Å²) in [5, 5.41) is 13.5. The molecule has 1 aromatic carbocycles. The third-order valence-corrected chi connectivity index (χ3v) is 3.29. The largest absolute Gasteiger partial charge is 0.383 e. The molecule has 0 saturated carbocycles. The molecular weight excluding hydrogens is 334 g/mol. The average Bonchev–Trinajstić information content (AvgIpc) is 2.93. The number of likely N-dealkylation sites (N-methyl/N-ethyl adjacent to an activating group) is 1. The summed E-state index contributed by atoms with van der Waals surface area (Å²) in [5.41, 5.74) is -1.92. The van der Waals surface area contributed by atoms with Crippen LogP contribution < -0.4 is 10.6 Å². The van der Waals surface area contributed by atoms with Crippen LogP contribution in [0.3, 0.4) is 0 Å². The van der Waals surface area contributed by atoms with Crippen LogP contribution in [-0.2, 0) is 20.8 Å². The molecule has 26 heavy (non-hydrogen) atoms. The molecule has 142 valence electrons. The molecule has 0 aromatic heterocycles. The molecule has 1 aliphatic rings. The normalized spacial score (nSPS) is 34.3. The van der Waals surface area contributed by atoms with Crippen molar-refractivity contribution in [2.75, 3.05) is 13.5 Å². The van der Waals surface area contributed by atoms with E-state index in [1.165, 1.54) is 5.32 Å². The van der Waals surface area contributed by atoms with Crippen LogP contribution in [0, 0.1) is 5.89 Å². The van der Waals surface area contributed by atoms with E-state index in [2.05, 4.69) is 0 Å². The third-order valence-electron chi connectivity index (χ3n) is 3.29. The second-order valence-electron chi connectivity index (χ2n) is 5.09. The Hall–Kier alpha value is -2.41. The first-order valence-corrected chi connectivity index (χ1v) is 7.05. The van der Waals surface area contributed by atoms with E-state index in [0.29, 0.717) is 0 Å². The van der Waals surface area contributed by atoms with Crippen LogP contribution in [-0.4, -0.2) is 53.4 Å². The fraction of sp³-hybridized carbons (Fsp3) is 0.526. The van der Waals surface area contributed by atoms with Gasteiger partial charge in [-0.2, -0.15) is 0 Å². The fourth-order valence-corrected chi connectivity index (χ4v) is 1.97. The van der Waals surface area contributed by atoms with Gasteiger partial charge in [0.2, 0.25) is 17.7 Å². The van der Waals surface area contributed by atoms with Gasteiger partial charge in [0.25, 0.3) is 0 Å².